The molecule has 2 saturated carbocycles. The Morgan fingerprint density at radius 3 is 2.33 bits per heavy atom. The van der Waals surface area contributed by atoms with E-state index in [1.54, 1.807) is 0 Å². The highest BCUT2D eigenvalue weighted by Crippen LogP contribution is 2.52. The third-order valence-corrected chi connectivity index (χ3v) is 9.36. The van der Waals surface area contributed by atoms with Crippen molar-refractivity contribution >= 4 is 66.7 Å². The molecule has 0 aliphatic heterocycles. The van der Waals surface area contributed by atoms with Crippen LogP contribution in [0.1, 0.15) is 22.3 Å². The zero-order valence-electron chi connectivity index (χ0n) is 22.1. The van der Waals surface area contributed by atoms with E-state index in [0.717, 1.165) is 0 Å². The van der Waals surface area contributed by atoms with Crippen molar-refractivity contribution in [2.24, 2.45) is 29.4 Å². The number of nitrogens with two attached hydrogens (primary N) is 1. The SMILES string of the molecule is CN(C)[C@@H]1C(=O)C(C(N)=O)C(=O)[C@@]2(O)C(=O)C3C(=O)c4c(cc(OS(=O)(=O)C(F)(F)F)c(NC(=O)CBr)c4O)CC3CC12. The summed E-state index contributed by atoms with van der Waals surface area (Å²) in [6.45, 7) is 0. The van der Waals surface area contributed by atoms with E-state index in [-0.39, 0.29) is 12.0 Å². The number of benzene rings is 1. The molecule has 4 unspecified atom stereocenters. The number of hydrogen-bond acceptors (Lipinski definition) is 12. The smallest absolute Gasteiger partial charge is 0.505 e. The minimum absolute atomic E-state index is 0.281. The number of aliphatic hydroxyl groups is 1. The molecular formula is C24H23BrF3N3O11S. The number of carbonyl (C=O) groups is 6. The number of anilines is 1. The lowest BCUT2D eigenvalue weighted by atomic mass is 9.52. The number of rotatable bonds is 6. The second-order valence-corrected chi connectivity index (χ2v) is 12.7. The summed E-state index contributed by atoms with van der Waals surface area (Å²) in [5.41, 5.74) is -5.73. The second kappa shape index (κ2) is 10.6. The molecule has 1 aromatic rings. The molecule has 234 valence electrons. The molecule has 14 nitrogen and oxygen atoms in total. The highest BCUT2D eigenvalue weighted by molar-refractivity contribution is 9.09. The van der Waals surface area contributed by atoms with Gasteiger partial charge in [0, 0.05) is 5.92 Å². The molecule has 3 aliphatic rings. The van der Waals surface area contributed by atoms with Crippen molar-refractivity contribution in [2.45, 2.75) is 30.0 Å². The average molecular weight is 698 g/mol. The Balaban J connectivity index is 1.89. The molecule has 0 bridgehead atoms. The molecule has 3 aliphatic carbocycles. The van der Waals surface area contributed by atoms with E-state index in [1.807, 2.05) is 5.32 Å². The number of carbonyl (C=O) groups excluding carboxylic acids is 6. The Labute approximate surface area is 249 Å². The van der Waals surface area contributed by atoms with Crippen LogP contribution in [0.5, 0.6) is 11.5 Å². The average Bonchev–Trinajstić information content (AvgIpc) is 2.86. The van der Waals surface area contributed by atoms with E-state index in [4.69, 9.17) is 5.73 Å². The fourth-order valence-electron chi connectivity index (χ4n) is 6.16. The van der Waals surface area contributed by atoms with Crippen LogP contribution in [-0.2, 0) is 40.5 Å². The van der Waals surface area contributed by atoms with E-state index in [2.05, 4.69) is 20.1 Å². The summed E-state index contributed by atoms with van der Waals surface area (Å²) in [5, 5.41) is 24.0. The van der Waals surface area contributed by atoms with E-state index in [1.165, 1.54) is 19.0 Å². The third kappa shape index (κ3) is 4.91. The maximum absolute atomic E-state index is 13.8. The molecule has 43 heavy (non-hydrogen) atoms. The highest BCUT2D eigenvalue weighted by Gasteiger charge is 2.69. The standard InChI is InChI=1S/C24H23BrF3N3O11S/c1-31(2)16-9-4-7-3-8-5-10(42-43(40,41)24(26,27)28)15(30-11(32)6-25)18(34)12(8)17(33)13(7)20(36)23(9,39)21(37)14(19(16)35)22(29)38/h5,7,9,13-14,16,34,39H,3-4,6H2,1-2H3,(H2,29,38)(H,30,32)/t7?,9?,13?,14?,16-,23-/m0/s1. The summed E-state index contributed by atoms with van der Waals surface area (Å²) in [5.74, 6) is -16.6. The molecule has 2 fully saturated rings. The van der Waals surface area contributed by atoms with Gasteiger partial charge in [-0.3, -0.25) is 33.7 Å². The molecule has 19 heteroatoms. The lowest BCUT2D eigenvalue weighted by molar-refractivity contribution is -0.181. The van der Waals surface area contributed by atoms with Crippen LogP contribution in [0.25, 0.3) is 0 Å². The van der Waals surface area contributed by atoms with Gasteiger partial charge in [0.15, 0.2) is 46.2 Å². The zero-order valence-corrected chi connectivity index (χ0v) is 24.5. The molecule has 0 aromatic heterocycles. The van der Waals surface area contributed by atoms with Gasteiger partial charge < -0.3 is 25.4 Å². The lowest BCUT2D eigenvalue weighted by Gasteiger charge is -2.52. The van der Waals surface area contributed by atoms with Crippen molar-refractivity contribution < 1.29 is 64.8 Å². The number of nitrogens with zero attached hydrogens (tertiary/aromatic N) is 1. The van der Waals surface area contributed by atoms with Gasteiger partial charge in [0.1, 0.15) is 5.69 Å². The summed E-state index contributed by atoms with van der Waals surface area (Å²) >= 11 is 2.77. The monoisotopic (exact) mass is 697 g/mol. The Hall–Kier alpha value is -3.42. The number of ketones is 4. The molecule has 0 spiro atoms. The first-order valence-electron chi connectivity index (χ1n) is 12.3. The number of amides is 2. The fourth-order valence-corrected chi connectivity index (χ4v) is 6.76. The van der Waals surface area contributed by atoms with Crippen LogP contribution in [0.15, 0.2) is 6.07 Å². The first-order chi connectivity index (χ1) is 19.7. The second-order valence-electron chi connectivity index (χ2n) is 10.6. The van der Waals surface area contributed by atoms with Gasteiger partial charge in [-0.2, -0.15) is 21.6 Å². The Kier molecular flexibility index (Phi) is 8.04. The van der Waals surface area contributed by atoms with Gasteiger partial charge in [0.2, 0.25) is 11.8 Å². The summed E-state index contributed by atoms with van der Waals surface area (Å²) in [6, 6.07) is -0.724. The predicted molar refractivity (Wildman–Crippen MR) is 139 cm³/mol. The van der Waals surface area contributed by atoms with Crippen LogP contribution in [0.4, 0.5) is 18.9 Å². The van der Waals surface area contributed by atoms with E-state index >= 15 is 0 Å². The van der Waals surface area contributed by atoms with Gasteiger partial charge >= 0.3 is 15.6 Å². The largest absolute Gasteiger partial charge is 0.534 e. The maximum atomic E-state index is 13.8. The number of likely N-dealkylation sites (N-methyl/N-ethyl adjacent to an activating group) is 1. The lowest BCUT2D eigenvalue weighted by Crippen LogP contribution is -2.74. The van der Waals surface area contributed by atoms with E-state index in [9.17, 15) is 60.6 Å². The predicted octanol–water partition coefficient (Wildman–Crippen LogP) is -0.571. The van der Waals surface area contributed by atoms with Crippen LogP contribution in [0, 0.1) is 23.7 Å². The molecule has 1 aromatic carbocycles. The van der Waals surface area contributed by atoms with Crippen LogP contribution in [-0.4, -0.2) is 95.1 Å². The van der Waals surface area contributed by atoms with Crippen molar-refractivity contribution in [1.29, 1.82) is 0 Å². The van der Waals surface area contributed by atoms with Crippen molar-refractivity contribution in [1.82, 2.24) is 4.90 Å². The molecule has 2 amide bonds. The number of primary amides is 1. The van der Waals surface area contributed by atoms with Crippen LogP contribution < -0.4 is 15.2 Å². The van der Waals surface area contributed by atoms with Gasteiger partial charge in [0.25, 0.3) is 0 Å². The maximum Gasteiger partial charge on any atom is 0.534 e. The zero-order chi connectivity index (χ0) is 32.6. The Bertz CT molecular complexity index is 1600. The topological polar surface area (TPSA) is 228 Å². The molecule has 0 radical (unpaired) electrons. The fraction of sp³-hybridized carbons (Fsp3) is 0.500. The number of halogens is 4. The number of phenolic OH excluding ortho intramolecular Hbond substituents is 1. The van der Waals surface area contributed by atoms with E-state index < -0.39 is 120 Å². The van der Waals surface area contributed by atoms with Crippen LogP contribution in [0.3, 0.4) is 0 Å². The van der Waals surface area contributed by atoms with E-state index in [0.29, 0.717) is 6.07 Å². The Morgan fingerprint density at radius 2 is 1.81 bits per heavy atom. The van der Waals surface area contributed by atoms with Crippen LogP contribution in [0.2, 0.25) is 0 Å². The molecule has 6 atom stereocenters. The van der Waals surface area contributed by atoms with Gasteiger partial charge in [-0.15, -0.1) is 0 Å². The number of Topliss-reactive ketones (excluding diaryl/α,β-unsaturated/α-hetero) is 4. The van der Waals surface area contributed by atoms with Crippen molar-refractivity contribution in [3.8, 4) is 11.5 Å². The third-order valence-electron chi connectivity index (χ3n) is 7.88. The number of fused-ring (bicyclic) bond motifs is 3. The first-order valence-corrected chi connectivity index (χ1v) is 14.8. The minimum atomic E-state index is -6.33. The van der Waals surface area contributed by atoms with Crippen molar-refractivity contribution in [3.05, 3.63) is 17.2 Å². The van der Waals surface area contributed by atoms with Gasteiger partial charge in [-0.1, -0.05) is 15.9 Å². The normalized spacial score (nSPS) is 29.1. The van der Waals surface area contributed by atoms with Crippen LogP contribution >= 0.6 is 15.9 Å². The first kappa shape index (κ1) is 32.5. The van der Waals surface area contributed by atoms with Gasteiger partial charge in [0.05, 0.1) is 22.9 Å². The van der Waals surface area contributed by atoms with Crippen molar-refractivity contribution in [2.75, 3.05) is 24.7 Å². The number of hydrogen-bond donors (Lipinski definition) is 4. The summed E-state index contributed by atoms with van der Waals surface area (Å²) in [4.78, 5) is 79.3. The quantitative estimate of drug-likeness (QED) is 0.0963. The molecule has 0 saturated heterocycles. The molecule has 4 rings (SSSR count). The molecular weight excluding hydrogens is 675 g/mol. The van der Waals surface area contributed by atoms with Crippen molar-refractivity contribution in [3.63, 3.8) is 0 Å². The van der Waals surface area contributed by atoms with Gasteiger partial charge in [-0.05, 0) is 44.5 Å². The summed E-state index contributed by atoms with van der Waals surface area (Å²) < 4.78 is 67.1. The number of nitrogens with one attached hydrogen (secondary N) is 1. The highest BCUT2D eigenvalue weighted by atomic mass is 79.9. The summed E-state index contributed by atoms with van der Waals surface area (Å²) in [7, 11) is -3.58. The Morgan fingerprint density at radius 1 is 1.21 bits per heavy atom. The number of alkyl halides is 4. The molecule has 5 N–H and O–H groups in total. The number of phenols is 1. The molecule has 0 heterocycles. The van der Waals surface area contributed by atoms with Gasteiger partial charge in [-0.25, -0.2) is 0 Å². The number of aromatic hydroxyl groups is 1. The summed E-state index contributed by atoms with van der Waals surface area (Å²) in [6.07, 6.45) is -0.779. The minimum Gasteiger partial charge on any atom is -0.505 e.